The number of benzene rings is 1. The average Bonchev–Trinajstić information content (AvgIpc) is 2.85. The summed E-state index contributed by atoms with van der Waals surface area (Å²) >= 11 is 14.9. The molecule has 102 valence electrons. The van der Waals surface area contributed by atoms with Crippen LogP contribution in [0.25, 0.3) is 0 Å². The van der Waals surface area contributed by atoms with Crippen LogP contribution in [0.4, 0.5) is 0 Å². The molecule has 2 aromatic rings. The Morgan fingerprint density at radius 2 is 1.95 bits per heavy atom. The van der Waals surface area contributed by atoms with Crippen molar-refractivity contribution < 1.29 is 9.47 Å². The fourth-order valence-electron chi connectivity index (χ4n) is 1.71. The quantitative estimate of drug-likeness (QED) is 0.587. The summed E-state index contributed by atoms with van der Waals surface area (Å²) in [6.45, 7) is 0. The first-order valence-electron chi connectivity index (χ1n) is 5.36. The lowest BCUT2D eigenvalue weighted by atomic mass is 10.1. The van der Waals surface area contributed by atoms with Crippen molar-refractivity contribution in [3.05, 3.63) is 43.5 Å². The lowest BCUT2D eigenvalue weighted by Gasteiger charge is -2.15. The molecule has 19 heavy (non-hydrogen) atoms. The Bertz CT molecular complexity index is 586. The first-order chi connectivity index (χ1) is 9.06. The predicted molar refractivity (Wildman–Crippen MR) is 87.3 cm³/mol. The number of halogens is 3. The van der Waals surface area contributed by atoms with Crippen molar-refractivity contribution in [1.29, 1.82) is 0 Å². The topological polar surface area (TPSA) is 18.5 Å². The summed E-state index contributed by atoms with van der Waals surface area (Å²) < 4.78 is 11.5. The summed E-state index contributed by atoms with van der Waals surface area (Å²) in [7, 11) is 3.30. The zero-order valence-electron chi connectivity index (χ0n) is 10.2. The summed E-state index contributed by atoms with van der Waals surface area (Å²) in [6, 6.07) is 5.72. The van der Waals surface area contributed by atoms with Crippen molar-refractivity contribution in [3.63, 3.8) is 0 Å². The molecular weight excluding hydrogens is 415 g/mol. The van der Waals surface area contributed by atoms with Crippen molar-refractivity contribution >= 4 is 54.8 Å². The molecule has 0 saturated carbocycles. The monoisotopic (exact) mass is 424 g/mol. The first kappa shape index (κ1) is 15.2. The Morgan fingerprint density at radius 1 is 1.21 bits per heavy atom. The highest BCUT2D eigenvalue weighted by Gasteiger charge is 2.20. The van der Waals surface area contributed by atoms with Crippen molar-refractivity contribution in [2.24, 2.45) is 0 Å². The number of thiophene rings is 1. The molecule has 1 atom stereocenters. The number of alkyl halides is 1. The predicted octanol–water partition coefficient (Wildman–Crippen LogP) is 5.67. The minimum atomic E-state index is 0.00588. The second-order valence-corrected chi connectivity index (χ2v) is 6.91. The molecule has 0 spiro atoms. The Hall–Kier alpha value is -0.230. The molecule has 1 heterocycles. The fraction of sp³-hybridized carbons (Fsp3) is 0.231. The van der Waals surface area contributed by atoms with Gasteiger partial charge in [0, 0.05) is 20.8 Å². The van der Waals surface area contributed by atoms with E-state index >= 15 is 0 Å². The van der Waals surface area contributed by atoms with Crippen LogP contribution in [0.15, 0.2) is 28.1 Å². The van der Waals surface area contributed by atoms with Gasteiger partial charge in [0.25, 0.3) is 0 Å². The lowest BCUT2D eigenvalue weighted by molar-refractivity contribution is 0.407. The Labute approximate surface area is 137 Å². The Kier molecular flexibility index (Phi) is 5.17. The molecule has 0 N–H and O–H groups in total. The van der Waals surface area contributed by atoms with Crippen LogP contribution < -0.4 is 9.47 Å². The summed E-state index contributed by atoms with van der Waals surface area (Å²) in [4.78, 5) is 1.13. The largest absolute Gasteiger partial charge is 0.496 e. The standard InChI is InChI=1S/C13H11Br2ClO2S/c1-17-8-5-11(19-6-8)12(15)9-3-7(16)4-10(14)13(9)18-2/h3-6,12H,1-2H3. The highest BCUT2D eigenvalue weighted by Crippen LogP contribution is 2.44. The third-order valence-electron chi connectivity index (χ3n) is 2.60. The Balaban J connectivity index is 2.45. The second kappa shape index (κ2) is 6.48. The molecular formula is C13H11Br2ClO2S. The maximum absolute atomic E-state index is 6.12. The number of hydrogen-bond donors (Lipinski definition) is 0. The number of methoxy groups -OCH3 is 2. The minimum Gasteiger partial charge on any atom is -0.496 e. The van der Waals surface area contributed by atoms with Gasteiger partial charge in [0.1, 0.15) is 11.5 Å². The van der Waals surface area contributed by atoms with Crippen LogP contribution in [0.2, 0.25) is 5.02 Å². The molecule has 6 heteroatoms. The van der Waals surface area contributed by atoms with Crippen molar-refractivity contribution in [2.75, 3.05) is 14.2 Å². The molecule has 1 aromatic heterocycles. The molecule has 0 fully saturated rings. The van der Waals surface area contributed by atoms with E-state index in [0.29, 0.717) is 5.02 Å². The zero-order chi connectivity index (χ0) is 14.0. The molecule has 0 radical (unpaired) electrons. The van der Waals surface area contributed by atoms with Crippen LogP contribution in [0.1, 0.15) is 15.3 Å². The van der Waals surface area contributed by atoms with Crippen LogP contribution in [0.3, 0.4) is 0 Å². The van der Waals surface area contributed by atoms with E-state index in [0.717, 1.165) is 26.4 Å². The van der Waals surface area contributed by atoms with Gasteiger partial charge >= 0.3 is 0 Å². The first-order valence-corrected chi connectivity index (χ1v) is 8.33. The maximum Gasteiger partial charge on any atom is 0.137 e. The van der Waals surface area contributed by atoms with Gasteiger partial charge < -0.3 is 9.47 Å². The molecule has 0 aliphatic rings. The van der Waals surface area contributed by atoms with Gasteiger partial charge in [-0.05, 0) is 34.1 Å². The van der Waals surface area contributed by atoms with Gasteiger partial charge in [-0.25, -0.2) is 0 Å². The van der Waals surface area contributed by atoms with Gasteiger partial charge in [-0.1, -0.05) is 27.5 Å². The summed E-state index contributed by atoms with van der Waals surface area (Å²) in [6.07, 6.45) is 0. The van der Waals surface area contributed by atoms with Crippen LogP contribution in [-0.2, 0) is 0 Å². The molecule has 0 aliphatic heterocycles. The van der Waals surface area contributed by atoms with E-state index < -0.39 is 0 Å². The molecule has 0 bridgehead atoms. The highest BCUT2D eigenvalue weighted by atomic mass is 79.9. The molecule has 1 unspecified atom stereocenters. The van der Waals surface area contributed by atoms with E-state index in [9.17, 15) is 0 Å². The summed E-state index contributed by atoms with van der Waals surface area (Å²) in [5.74, 6) is 1.63. The van der Waals surface area contributed by atoms with E-state index in [-0.39, 0.29) is 4.83 Å². The van der Waals surface area contributed by atoms with Gasteiger partial charge in [0.05, 0.1) is 23.5 Å². The smallest absolute Gasteiger partial charge is 0.137 e. The molecule has 0 aliphatic carbocycles. The molecule has 0 amide bonds. The third kappa shape index (κ3) is 3.27. The molecule has 0 saturated heterocycles. The van der Waals surface area contributed by atoms with Crippen LogP contribution in [0, 0.1) is 0 Å². The van der Waals surface area contributed by atoms with Gasteiger partial charge in [-0.2, -0.15) is 0 Å². The van der Waals surface area contributed by atoms with Gasteiger partial charge in [0.15, 0.2) is 0 Å². The molecule has 2 rings (SSSR count). The number of hydrogen-bond acceptors (Lipinski definition) is 3. The average molecular weight is 427 g/mol. The van der Waals surface area contributed by atoms with Gasteiger partial charge in [-0.3, -0.25) is 0 Å². The lowest BCUT2D eigenvalue weighted by Crippen LogP contribution is -1.96. The third-order valence-corrected chi connectivity index (χ3v) is 5.67. The molecule has 2 nitrogen and oxygen atoms in total. The number of ether oxygens (including phenoxy) is 2. The van der Waals surface area contributed by atoms with E-state index in [1.165, 1.54) is 0 Å². The van der Waals surface area contributed by atoms with Crippen LogP contribution in [-0.4, -0.2) is 14.2 Å². The van der Waals surface area contributed by atoms with E-state index in [2.05, 4.69) is 31.9 Å². The summed E-state index contributed by atoms with van der Waals surface area (Å²) in [5, 5.41) is 2.63. The van der Waals surface area contributed by atoms with E-state index in [1.54, 1.807) is 25.6 Å². The fourth-order valence-corrected chi connectivity index (χ4v) is 4.35. The van der Waals surface area contributed by atoms with Gasteiger partial charge in [-0.15, -0.1) is 11.3 Å². The summed E-state index contributed by atoms with van der Waals surface area (Å²) in [5.41, 5.74) is 0.978. The van der Waals surface area contributed by atoms with E-state index in [1.807, 2.05) is 23.6 Å². The minimum absolute atomic E-state index is 0.00588. The normalized spacial score (nSPS) is 12.3. The SMILES string of the molecule is COc1csc(C(Br)c2cc(Cl)cc(Br)c2OC)c1. The van der Waals surface area contributed by atoms with E-state index in [4.69, 9.17) is 21.1 Å². The maximum atomic E-state index is 6.12. The Morgan fingerprint density at radius 3 is 2.53 bits per heavy atom. The molecule has 1 aromatic carbocycles. The van der Waals surface area contributed by atoms with Gasteiger partial charge in [0.2, 0.25) is 0 Å². The second-order valence-electron chi connectivity index (χ2n) is 3.76. The van der Waals surface area contributed by atoms with Crippen molar-refractivity contribution in [1.82, 2.24) is 0 Å². The number of rotatable bonds is 4. The van der Waals surface area contributed by atoms with Crippen LogP contribution >= 0.6 is 54.8 Å². The van der Waals surface area contributed by atoms with Crippen molar-refractivity contribution in [2.45, 2.75) is 4.83 Å². The van der Waals surface area contributed by atoms with Crippen molar-refractivity contribution in [3.8, 4) is 11.5 Å². The highest BCUT2D eigenvalue weighted by molar-refractivity contribution is 9.10. The van der Waals surface area contributed by atoms with Crippen LogP contribution in [0.5, 0.6) is 11.5 Å². The zero-order valence-corrected chi connectivity index (χ0v) is 15.0.